The smallest absolute Gasteiger partial charge is 0.273 e. The number of aromatic nitrogens is 1. The zero-order valence-corrected chi connectivity index (χ0v) is 16.5. The molecule has 1 heterocycles. The Bertz CT molecular complexity index is 929. The molecule has 1 aromatic heterocycles. The number of rotatable bonds is 7. The molecule has 140 valence electrons. The van der Waals surface area contributed by atoms with Crippen LogP contribution in [0.25, 0.3) is 10.9 Å². The van der Waals surface area contributed by atoms with Crippen molar-refractivity contribution in [3.63, 3.8) is 0 Å². The van der Waals surface area contributed by atoms with Crippen LogP contribution in [-0.4, -0.2) is 41.8 Å². The molecular formula is C20H21N3O3S. The zero-order chi connectivity index (χ0) is 19.9. The van der Waals surface area contributed by atoms with Crippen LogP contribution in [0.2, 0.25) is 0 Å². The summed E-state index contributed by atoms with van der Waals surface area (Å²) < 4.78 is 10.8. The fraction of sp³-hybridized carbons (Fsp3) is 0.350. The number of fused-ring (bicyclic) bond motifs is 1. The molecule has 0 radical (unpaired) electrons. The number of thioether (sulfide) groups is 1. The van der Waals surface area contributed by atoms with Gasteiger partial charge < -0.3 is 14.8 Å². The first-order valence-corrected chi connectivity index (χ1v) is 9.47. The quantitative estimate of drug-likeness (QED) is 0.585. The van der Waals surface area contributed by atoms with Gasteiger partial charge in [0.25, 0.3) is 5.91 Å². The van der Waals surface area contributed by atoms with E-state index in [4.69, 9.17) is 9.47 Å². The average Bonchev–Trinajstić information content (AvgIpc) is 2.66. The summed E-state index contributed by atoms with van der Waals surface area (Å²) in [4.78, 5) is 16.9. The molecule has 6 nitrogen and oxygen atoms in total. The Morgan fingerprint density at radius 2 is 2.22 bits per heavy atom. The minimum atomic E-state index is -1.12. The van der Waals surface area contributed by atoms with Crippen LogP contribution in [-0.2, 0) is 9.53 Å². The summed E-state index contributed by atoms with van der Waals surface area (Å²) in [5.74, 6) is 5.95. The van der Waals surface area contributed by atoms with Crippen LogP contribution in [0.15, 0.2) is 30.5 Å². The second-order valence-corrected chi connectivity index (χ2v) is 6.90. The van der Waals surface area contributed by atoms with Crippen molar-refractivity contribution in [2.45, 2.75) is 24.8 Å². The van der Waals surface area contributed by atoms with Crippen molar-refractivity contribution in [3.05, 3.63) is 36.0 Å². The van der Waals surface area contributed by atoms with Gasteiger partial charge in [0, 0.05) is 24.3 Å². The Balaban J connectivity index is 2.20. The summed E-state index contributed by atoms with van der Waals surface area (Å²) in [6.07, 6.45) is 3.48. The van der Waals surface area contributed by atoms with Crippen molar-refractivity contribution in [1.29, 1.82) is 5.26 Å². The van der Waals surface area contributed by atoms with E-state index in [1.165, 1.54) is 18.9 Å². The maximum Gasteiger partial charge on any atom is 0.273 e. The summed E-state index contributed by atoms with van der Waals surface area (Å²) in [7, 11) is 1.48. The number of hydrogen-bond donors (Lipinski definition) is 1. The monoisotopic (exact) mass is 383 g/mol. The SMILES string of the molecule is CC#Cc1cnc2ccc(OC(SC)C(=O)NC(C)(C#N)COC)cc2c1. The molecule has 2 unspecified atom stereocenters. The van der Waals surface area contributed by atoms with E-state index in [1.54, 1.807) is 32.4 Å². The van der Waals surface area contributed by atoms with Crippen LogP contribution in [0.1, 0.15) is 19.4 Å². The van der Waals surface area contributed by atoms with Gasteiger partial charge in [-0.25, -0.2) is 0 Å². The van der Waals surface area contributed by atoms with Crippen LogP contribution in [0.5, 0.6) is 5.75 Å². The molecule has 0 aliphatic rings. The Labute approximate surface area is 163 Å². The number of ether oxygens (including phenoxy) is 2. The number of pyridine rings is 1. The molecule has 0 bridgehead atoms. The van der Waals surface area contributed by atoms with E-state index < -0.39 is 16.9 Å². The number of hydrogen-bond acceptors (Lipinski definition) is 6. The third-order valence-electron chi connectivity index (χ3n) is 3.67. The van der Waals surface area contributed by atoms with E-state index in [1.807, 2.05) is 18.2 Å². The van der Waals surface area contributed by atoms with Crippen LogP contribution >= 0.6 is 11.8 Å². The number of nitriles is 1. The second kappa shape index (κ2) is 9.27. The van der Waals surface area contributed by atoms with Gasteiger partial charge in [-0.05, 0) is 44.4 Å². The standard InChI is InChI=1S/C20H21N3O3S/c1-5-6-14-9-15-10-16(7-8-17(15)22-11-14)26-19(27-4)18(24)23-20(2,12-21)13-25-3/h7-11,19H,13H2,1-4H3,(H,23,24). The topological polar surface area (TPSA) is 84.2 Å². The normalized spacial score (nSPS) is 13.6. The van der Waals surface area contributed by atoms with Crippen molar-refractivity contribution in [3.8, 4) is 23.7 Å². The molecule has 0 aliphatic heterocycles. The number of carbonyl (C=O) groups excluding carboxylic acids is 1. The van der Waals surface area contributed by atoms with Gasteiger partial charge in [-0.3, -0.25) is 9.78 Å². The van der Waals surface area contributed by atoms with Crippen molar-refractivity contribution in [2.24, 2.45) is 0 Å². The fourth-order valence-electron chi connectivity index (χ4n) is 2.44. The Morgan fingerprint density at radius 1 is 1.44 bits per heavy atom. The zero-order valence-electron chi connectivity index (χ0n) is 15.7. The molecule has 2 atom stereocenters. The van der Waals surface area contributed by atoms with Gasteiger partial charge >= 0.3 is 0 Å². The number of carbonyl (C=O) groups is 1. The lowest BCUT2D eigenvalue weighted by Crippen LogP contribution is -2.52. The van der Waals surface area contributed by atoms with Gasteiger partial charge in [-0.2, -0.15) is 5.26 Å². The van der Waals surface area contributed by atoms with Crippen LogP contribution in [0, 0.1) is 23.2 Å². The van der Waals surface area contributed by atoms with Gasteiger partial charge in [0.2, 0.25) is 5.44 Å². The first-order chi connectivity index (χ1) is 12.9. The molecule has 0 aliphatic carbocycles. The molecule has 0 saturated carbocycles. The molecule has 1 aromatic carbocycles. The summed E-state index contributed by atoms with van der Waals surface area (Å²) in [6.45, 7) is 3.45. The van der Waals surface area contributed by atoms with E-state index in [0.29, 0.717) is 5.75 Å². The molecule has 1 amide bonds. The third kappa shape index (κ3) is 5.37. The second-order valence-electron chi connectivity index (χ2n) is 6.01. The summed E-state index contributed by atoms with van der Waals surface area (Å²) in [5.41, 5.74) is -0.306. The van der Waals surface area contributed by atoms with Gasteiger partial charge in [0.15, 0.2) is 0 Å². The van der Waals surface area contributed by atoms with E-state index in [-0.39, 0.29) is 6.61 Å². The van der Waals surface area contributed by atoms with E-state index in [0.717, 1.165) is 16.5 Å². The number of nitrogens with one attached hydrogen (secondary N) is 1. The number of nitrogens with zero attached hydrogens (tertiary/aromatic N) is 2. The van der Waals surface area contributed by atoms with Crippen molar-refractivity contribution >= 4 is 28.6 Å². The van der Waals surface area contributed by atoms with Crippen molar-refractivity contribution in [1.82, 2.24) is 10.3 Å². The van der Waals surface area contributed by atoms with E-state index >= 15 is 0 Å². The molecule has 27 heavy (non-hydrogen) atoms. The molecule has 0 spiro atoms. The highest BCUT2D eigenvalue weighted by atomic mass is 32.2. The van der Waals surface area contributed by atoms with Gasteiger partial charge in [-0.15, -0.1) is 17.7 Å². The van der Waals surface area contributed by atoms with Crippen LogP contribution < -0.4 is 10.1 Å². The third-order valence-corrected chi connectivity index (χ3v) is 4.41. The van der Waals surface area contributed by atoms with Crippen LogP contribution in [0.3, 0.4) is 0 Å². The first-order valence-electron chi connectivity index (χ1n) is 8.19. The van der Waals surface area contributed by atoms with Crippen molar-refractivity contribution < 1.29 is 14.3 Å². The lowest BCUT2D eigenvalue weighted by Gasteiger charge is -2.25. The lowest BCUT2D eigenvalue weighted by molar-refractivity contribution is -0.126. The first kappa shape index (κ1) is 20.6. The summed E-state index contributed by atoms with van der Waals surface area (Å²) >= 11 is 1.24. The van der Waals surface area contributed by atoms with Crippen LogP contribution in [0.4, 0.5) is 0 Å². The molecule has 0 saturated heterocycles. The predicted octanol–water partition coefficient (Wildman–Crippen LogP) is 2.72. The number of benzene rings is 1. The van der Waals surface area contributed by atoms with E-state index in [2.05, 4.69) is 28.2 Å². The van der Waals surface area contributed by atoms with E-state index in [9.17, 15) is 10.1 Å². The largest absolute Gasteiger partial charge is 0.470 e. The fourth-order valence-corrected chi connectivity index (χ4v) is 2.92. The molecule has 0 fully saturated rings. The number of amides is 1. The Hall–Kier alpha value is -2.74. The van der Waals surface area contributed by atoms with Crippen molar-refractivity contribution in [2.75, 3.05) is 20.0 Å². The minimum Gasteiger partial charge on any atom is -0.470 e. The van der Waals surface area contributed by atoms with Gasteiger partial charge in [0.05, 0.1) is 18.2 Å². The highest BCUT2D eigenvalue weighted by Gasteiger charge is 2.30. The number of methoxy groups -OCH3 is 1. The average molecular weight is 383 g/mol. The molecule has 2 rings (SSSR count). The minimum absolute atomic E-state index is 0.0826. The Kier molecular flexibility index (Phi) is 7.06. The molecular weight excluding hydrogens is 362 g/mol. The highest BCUT2D eigenvalue weighted by Crippen LogP contribution is 2.23. The molecule has 2 aromatic rings. The highest BCUT2D eigenvalue weighted by molar-refractivity contribution is 7.99. The predicted molar refractivity (Wildman–Crippen MR) is 106 cm³/mol. The van der Waals surface area contributed by atoms with Gasteiger partial charge in [-0.1, -0.05) is 5.92 Å². The maximum absolute atomic E-state index is 12.5. The Morgan fingerprint density at radius 3 is 2.85 bits per heavy atom. The summed E-state index contributed by atoms with van der Waals surface area (Å²) in [5, 5.41) is 12.8. The van der Waals surface area contributed by atoms with Gasteiger partial charge in [0.1, 0.15) is 11.3 Å². The molecule has 7 heteroatoms. The summed E-state index contributed by atoms with van der Waals surface area (Å²) in [6, 6.07) is 9.38. The lowest BCUT2D eigenvalue weighted by atomic mass is 10.1. The maximum atomic E-state index is 12.5. The molecule has 1 N–H and O–H groups in total.